The van der Waals surface area contributed by atoms with Crippen LogP contribution in [0, 0.1) is 11.3 Å². The Labute approximate surface area is 391 Å². The van der Waals surface area contributed by atoms with E-state index in [0.717, 1.165) is 52.1 Å². The minimum atomic E-state index is -4.67. The summed E-state index contributed by atoms with van der Waals surface area (Å²) in [6.07, 6.45) is 5.92. The third kappa shape index (κ3) is 7.22. The van der Waals surface area contributed by atoms with Crippen LogP contribution in [0.5, 0.6) is 5.75 Å². The Morgan fingerprint density at radius 1 is 0.940 bits per heavy atom. The number of nitrogens with zero attached hydrogens (tertiary/aromatic N) is 3. The van der Waals surface area contributed by atoms with Crippen molar-refractivity contribution in [3.8, 4) is 5.75 Å². The molecule has 3 aromatic carbocycles. The maximum absolute atomic E-state index is 15.4. The summed E-state index contributed by atoms with van der Waals surface area (Å²) in [6.45, 7) is 7.64. The zero-order valence-corrected chi connectivity index (χ0v) is 39.6. The van der Waals surface area contributed by atoms with Gasteiger partial charge in [-0.05, 0) is 79.8 Å². The fourth-order valence-corrected chi connectivity index (χ4v) is 14.0. The summed E-state index contributed by atoms with van der Waals surface area (Å²) in [7, 11) is 0.318. The van der Waals surface area contributed by atoms with E-state index in [1.165, 1.54) is 7.11 Å². The molecular weight excluding hydrogens is 879 g/mol. The van der Waals surface area contributed by atoms with E-state index in [2.05, 4.69) is 50.5 Å². The SMILES string of the molecule is CC[C@]1(O)C[C@H]2CN(CCc3c([nH]c4ccccc34)[C@@](C(=O)OC)(c3cc4c(cc3OC)N(C)[C@H]3[C@@](O)(C(=O)NCc5ccccc5)[C@H](O)[C@]5(CC)C=CCN6CC[C@]43[C@@H]65)C2)C1.O=S(=O)(O)O. The lowest BCUT2D eigenvalue weighted by atomic mass is 9.47. The Balaban J connectivity index is 0.00000107. The van der Waals surface area contributed by atoms with Gasteiger partial charge in [0.05, 0.1) is 25.9 Å². The average molecular weight is 942 g/mol. The molecule has 16 nitrogen and oxygen atoms in total. The molecule has 1 saturated carbocycles. The van der Waals surface area contributed by atoms with Gasteiger partial charge in [-0.1, -0.05) is 74.5 Å². The number of likely N-dealkylation sites (N-methyl/N-ethyl adjacent to an activating group) is 1. The fourth-order valence-electron chi connectivity index (χ4n) is 14.0. The van der Waals surface area contributed by atoms with Gasteiger partial charge in [0.25, 0.3) is 5.91 Å². The average Bonchev–Trinajstić information content (AvgIpc) is 3.97. The lowest BCUT2D eigenvalue weighted by Gasteiger charge is -2.63. The first kappa shape index (κ1) is 47.2. The molecule has 0 radical (unpaired) electrons. The normalized spacial score (nSPS) is 34.0. The summed E-state index contributed by atoms with van der Waals surface area (Å²) >= 11 is 0. The molecule has 67 heavy (non-hydrogen) atoms. The number of nitrogens with one attached hydrogen (secondary N) is 2. The van der Waals surface area contributed by atoms with Gasteiger partial charge in [-0.25, -0.2) is 0 Å². The van der Waals surface area contributed by atoms with E-state index in [1.807, 2.05) is 74.3 Å². The van der Waals surface area contributed by atoms with Gasteiger partial charge in [0, 0.05) is 90.6 Å². The van der Waals surface area contributed by atoms with Crippen LogP contribution in [0.1, 0.15) is 73.9 Å². The number of aliphatic hydroxyl groups excluding tert-OH is 1. The van der Waals surface area contributed by atoms with Gasteiger partial charge in [0.1, 0.15) is 17.3 Å². The highest BCUT2D eigenvalue weighted by Crippen LogP contribution is 2.67. The van der Waals surface area contributed by atoms with Gasteiger partial charge in [-0.15, -0.1) is 0 Å². The Bertz CT molecular complexity index is 2710. The summed E-state index contributed by atoms with van der Waals surface area (Å²) in [5.41, 5.74) is -0.464. The Morgan fingerprint density at radius 3 is 2.34 bits per heavy atom. The number of amides is 1. The first-order chi connectivity index (χ1) is 31.8. The van der Waals surface area contributed by atoms with E-state index in [-0.39, 0.29) is 18.5 Å². The second-order valence-electron chi connectivity index (χ2n) is 19.7. The zero-order chi connectivity index (χ0) is 47.9. The van der Waals surface area contributed by atoms with Crippen LogP contribution in [-0.2, 0) is 48.5 Å². The topological polar surface area (TPSA) is 225 Å². The number of fused-ring (bicyclic) bond motifs is 6. The number of methoxy groups -OCH3 is 2. The highest BCUT2D eigenvalue weighted by molar-refractivity contribution is 7.79. The molecular formula is C50H63N5O11S. The van der Waals surface area contributed by atoms with E-state index >= 15 is 4.79 Å². The summed E-state index contributed by atoms with van der Waals surface area (Å²) in [5.74, 6) is -0.645. The van der Waals surface area contributed by atoms with Gasteiger partial charge in [0.15, 0.2) is 5.60 Å². The molecule has 7 N–H and O–H groups in total. The standard InChI is InChI=1S/C50H61N5O7.H2O4S/c1-6-46(59)26-32-27-49(45(58)62-5,40-34(18-22-54(29-32)30-46)33-16-11-12-17-37(33)52-40)36-24-35-38(25-39(36)61-4)53(3)42-48(35)20-23-55-21-13-19-47(7-2,41(48)55)43(56)50(42,60)44(57)51-28-31-14-9-8-10-15-31;1-5(2,3)4/h8-17,19,24-25,32,41-43,52,56,59-60H,6-7,18,20-23,26-30H2,1-5H3,(H,51,57);(H2,1,2,3,4)/t32-,41+,42-,43-,46+,47-,48-,49+,50+;/m1./s1. The molecule has 17 heteroatoms. The van der Waals surface area contributed by atoms with Crippen LogP contribution in [0.15, 0.2) is 78.9 Å². The second-order valence-corrected chi connectivity index (χ2v) is 20.6. The van der Waals surface area contributed by atoms with Crippen molar-refractivity contribution in [3.05, 3.63) is 107 Å². The van der Waals surface area contributed by atoms with E-state index in [1.54, 1.807) is 7.11 Å². The number of rotatable bonds is 8. The maximum Gasteiger partial charge on any atom is 0.394 e. The van der Waals surface area contributed by atoms with E-state index < -0.39 is 61.9 Å². The smallest absolute Gasteiger partial charge is 0.394 e. The van der Waals surface area contributed by atoms with Crippen LogP contribution >= 0.6 is 0 Å². The van der Waals surface area contributed by atoms with Crippen molar-refractivity contribution in [2.45, 2.75) is 99.1 Å². The number of esters is 1. The quantitative estimate of drug-likeness (QED) is 0.0756. The Morgan fingerprint density at radius 2 is 1.66 bits per heavy atom. The third-order valence-corrected chi connectivity index (χ3v) is 16.5. The van der Waals surface area contributed by atoms with Gasteiger partial charge >= 0.3 is 16.4 Å². The first-order valence-electron chi connectivity index (χ1n) is 23.3. The predicted molar refractivity (Wildman–Crippen MR) is 251 cm³/mol. The molecule has 4 aromatic rings. The third-order valence-electron chi connectivity index (χ3n) is 16.5. The number of benzene rings is 3. The molecule has 1 spiro atoms. The molecule has 6 aliphatic rings. The Hall–Kier alpha value is -4.85. The molecule has 1 aromatic heterocycles. The maximum atomic E-state index is 15.4. The number of para-hydroxylation sites is 1. The van der Waals surface area contributed by atoms with E-state index in [0.29, 0.717) is 69.5 Å². The minimum Gasteiger partial charge on any atom is -0.496 e. The molecule has 6 heterocycles. The van der Waals surface area contributed by atoms with Crippen molar-refractivity contribution < 1.29 is 51.9 Å². The van der Waals surface area contributed by atoms with Crippen LogP contribution in [0.4, 0.5) is 5.69 Å². The summed E-state index contributed by atoms with van der Waals surface area (Å²) in [5, 5.41) is 42.4. The molecule has 2 bridgehead atoms. The van der Waals surface area contributed by atoms with Crippen LogP contribution < -0.4 is 15.0 Å². The highest BCUT2D eigenvalue weighted by Gasteiger charge is 2.78. The molecule has 1 aliphatic carbocycles. The fraction of sp³-hybridized carbons (Fsp3) is 0.520. The molecule has 10 atom stereocenters. The number of ether oxygens (including phenoxy) is 2. The highest BCUT2D eigenvalue weighted by atomic mass is 32.3. The zero-order valence-electron chi connectivity index (χ0n) is 38.7. The Kier molecular flexibility index (Phi) is 12.0. The molecule has 3 fully saturated rings. The number of aliphatic hydroxyl groups is 3. The second kappa shape index (κ2) is 17.0. The van der Waals surface area contributed by atoms with Crippen molar-refractivity contribution in [2.75, 3.05) is 58.9 Å². The predicted octanol–water partition coefficient (Wildman–Crippen LogP) is 3.91. The molecule has 1 unspecified atom stereocenters. The van der Waals surface area contributed by atoms with Gasteiger partial charge in [-0.3, -0.25) is 28.5 Å². The van der Waals surface area contributed by atoms with Crippen LogP contribution in [0.3, 0.4) is 0 Å². The van der Waals surface area contributed by atoms with Gasteiger partial charge in [0.2, 0.25) is 0 Å². The number of carbonyl (C=O) groups is 2. The number of anilines is 1. The molecule has 2 saturated heterocycles. The van der Waals surface area contributed by atoms with Crippen molar-refractivity contribution >= 4 is 38.9 Å². The number of aromatic amines is 1. The van der Waals surface area contributed by atoms with Crippen LogP contribution in [0.25, 0.3) is 10.9 Å². The van der Waals surface area contributed by atoms with Crippen molar-refractivity contribution in [1.29, 1.82) is 0 Å². The summed E-state index contributed by atoms with van der Waals surface area (Å²) in [4.78, 5) is 40.9. The first-order valence-corrected chi connectivity index (χ1v) is 24.7. The molecule has 5 aliphatic heterocycles. The molecule has 360 valence electrons. The number of hydrogen-bond donors (Lipinski definition) is 7. The van der Waals surface area contributed by atoms with Crippen LogP contribution in [0.2, 0.25) is 0 Å². The largest absolute Gasteiger partial charge is 0.496 e. The lowest BCUT2D eigenvalue weighted by molar-refractivity contribution is -0.203. The number of aromatic nitrogens is 1. The summed E-state index contributed by atoms with van der Waals surface area (Å²) in [6, 6.07) is 20.8. The number of carbonyl (C=O) groups excluding carboxylic acids is 2. The monoisotopic (exact) mass is 941 g/mol. The minimum absolute atomic E-state index is 0.0851. The summed E-state index contributed by atoms with van der Waals surface area (Å²) < 4.78 is 44.0. The van der Waals surface area contributed by atoms with Crippen LogP contribution in [-0.4, -0.2) is 143 Å². The molecule has 10 rings (SSSR count). The number of piperidine rings is 1. The van der Waals surface area contributed by atoms with Crippen molar-refractivity contribution in [3.63, 3.8) is 0 Å². The van der Waals surface area contributed by atoms with Crippen molar-refractivity contribution in [1.82, 2.24) is 20.1 Å². The number of H-pyrrole nitrogens is 1. The van der Waals surface area contributed by atoms with Gasteiger partial charge < -0.3 is 40.0 Å². The van der Waals surface area contributed by atoms with Crippen molar-refractivity contribution in [2.24, 2.45) is 11.3 Å². The lowest BCUT2D eigenvalue weighted by Crippen LogP contribution is -2.81. The van der Waals surface area contributed by atoms with E-state index in [9.17, 15) is 20.1 Å². The van der Waals surface area contributed by atoms with Gasteiger partial charge in [-0.2, -0.15) is 8.42 Å². The van der Waals surface area contributed by atoms with E-state index in [4.69, 9.17) is 27.0 Å². The molecule has 1 amide bonds. The number of hydrogen-bond acceptors (Lipinski definition) is 12.